The molecule has 0 saturated heterocycles. The van der Waals surface area contributed by atoms with E-state index in [1.165, 1.54) is 0 Å². The zero-order chi connectivity index (χ0) is 11.5. The van der Waals surface area contributed by atoms with E-state index >= 15 is 0 Å². The third-order valence-corrected chi connectivity index (χ3v) is 2.62. The van der Waals surface area contributed by atoms with Crippen LogP contribution in [0.4, 0.5) is 5.69 Å². The lowest BCUT2D eigenvalue weighted by Gasteiger charge is -2.13. The van der Waals surface area contributed by atoms with E-state index < -0.39 is 0 Å². The summed E-state index contributed by atoms with van der Waals surface area (Å²) in [6.45, 7) is 0. The zero-order valence-electron chi connectivity index (χ0n) is 9.26. The van der Waals surface area contributed by atoms with E-state index in [4.69, 9.17) is 11.6 Å². The average molecular weight is 237 g/mol. The summed E-state index contributed by atoms with van der Waals surface area (Å²) in [6, 6.07) is 8.14. The van der Waals surface area contributed by atoms with Crippen molar-refractivity contribution in [2.24, 2.45) is 0 Å². The average Bonchev–Trinajstić information content (AvgIpc) is 2.77. The molecule has 16 heavy (non-hydrogen) atoms. The fourth-order valence-corrected chi connectivity index (χ4v) is 1.66. The lowest BCUT2D eigenvalue weighted by atomic mass is 10.2. The molecule has 4 nitrogen and oxygen atoms in total. The molecule has 84 valence electrons. The van der Waals surface area contributed by atoms with Crippen LogP contribution in [0.1, 0.15) is 5.82 Å². The summed E-state index contributed by atoms with van der Waals surface area (Å²) in [7, 11) is 4.02. The topological polar surface area (TPSA) is 34.0 Å². The molecule has 1 aromatic heterocycles. The quantitative estimate of drug-likeness (QED) is 0.766. The van der Waals surface area contributed by atoms with Gasteiger partial charge in [0.15, 0.2) is 5.82 Å². The largest absolute Gasteiger partial charge is 0.378 e. The highest BCUT2D eigenvalue weighted by molar-refractivity contribution is 6.16. The Labute approximate surface area is 99.5 Å². The molecule has 0 atom stereocenters. The minimum absolute atomic E-state index is 0.357. The molecule has 0 spiro atoms. The van der Waals surface area contributed by atoms with Gasteiger partial charge in [-0.15, -0.1) is 21.8 Å². The van der Waals surface area contributed by atoms with Gasteiger partial charge in [0.1, 0.15) is 6.33 Å². The Hall–Kier alpha value is -1.55. The maximum atomic E-state index is 5.77. The van der Waals surface area contributed by atoms with Crippen LogP contribution in [0.3, 0.4) is 0 Å². The molecule has 0 aliphatic carbocycles. The lowest BCUT2D eigenvalue weighted by Crippen LogP contribution is -2.08. The predicted octanol–water partition coefficient (Wildman–Crippen LogP) is 2.07. The van der Waals surface area contributed by atoms with Crippen molar-refractivity contribution in [2.45, 2.75) is 5.88 Å². The molecule has 0 fully saturated rings. The van der Waals surface area contributed by atoms with Crippen molar-refractivity contribution >= 4 is 17.3 Å². The molecule has 0 amide bonds. The first-order chi connectivity index (χ1) is 7.72. The lowest BCUT2D eigenvalue weighted by molar-refractivity contribution is 0.950. The van der Waals surface area contributed by atoms with Gasteiger partial charge in [-0.25, -0.2) is 0 Å². The van der Waals surface area contributed by atoms with Gasteiger partial charge in [0.05, 0.1) is 5.88 Å². The van der Waals surface area contributed by atoms with Crippen LogP contribution in [0.2, 0.25) is 0 Å². The number of alkyl halides is 1. The van der Waals surface area contributed by atoms with Crippen LogP contribution in [-0.4, -0.2) is 28.9 Å². The Morgan fingerprint density at radius 3 is 2.50 bits per heavy atom. The van der Waals surface area contributed by atoms with E-state index in [1.807, 2.05) is 42.9 Å². The van der Waals surface area contributed by atoms with Gasteiger partial charge < -0.3 is 4.90 Å². The summed E-state index contributed by atoms with van der Waals surface area (Å²) >= 11 is 5.77. The van der Waals surface area contributed by atoms with E-state index in [9.17, 15) is 0 Å². The molecular weight excluding hydrogens is 224 g/mol. The van der Waals surface area contributed by atoms with E-state index in [0.29, 0.717) is 5.88 Å². The highest BCUT2D eigenvalue weighted by atomic mass is 35.5. The van der Waals surface area contributed by atoms with Gasteiger partial charge in [0.25, 0.3) is 0 Å². The van der Waals surface area contributed by atoms with Crippen molar-refractivity contribution in [3.63, 3.8) is 0 Å². The molecule has 2 aromatic rings. The molecule has 5 heteroatoms. The van der Waals surface area contributed by atoms with Crippen LogP contribution in [-0.2, 0) is 5.88 Å². The van der Waals surface area contributed by atoms with Crippen LogP contribution in [0.5, 0.6) is 0 Å². The van der Waals surface area contributed by atoms with Gasteiger partial charge in [-0.2, -0.15) is 0 Å². The van der Waals surface area contributed by atoms with Crippen LogP contribution in [0.25, 0.3) is 5.69 Å². The molecule has 2 rings (SSSR count). The summed E-state index contributed by atoms with van der Waals surface area (Å²) in [5, 5.41) is 7.78. The summed E-state index contributed by atoms with van der Waals surface area (Å²) in [6.07, 6.45) is 1.67. The first-order valence-electron chi connectivity index (χ1n) is 4.95. The Bertz CT molecular complexity index is 461. The molecule has 1 aromatic carbocycles. The van der Waals surface area contributed by atoms with Gasteiger partial charge in [-0.05, 0) is 24.3 Å². The highest BCUT2D eigenvalue weighted by Crippen LogP contribution is 2.16. The van der Waals surface area contributed by atoms with E-state index in [0.717, 1.165) is 17.2 Å². The molecule has 0 bridgehead atoms. The second kappa shape index (κ2) is 4.53. The third kappa shape index (κ3) is 2.02. The van der Waals surface area contributed by atoms with E-state index in [1.54, 1.807) is 6.33 Å². The number of rotatable bonds is 3. The third-order valence-electron chi connectivity index (χ3n) is 2.38. The second-order valence-corrected chi connectivity index (χ2v) is 3.93. The van der Waals surface area contributed by atoms with Crippen molar-refractivity contribution in [1.29, 1.82) is 0 Å². The van der Waals surface area contributed by atoms with Crippen LogP contribution >= 0.6 is 11.6 Å². The van der Waals surface area contributed by atoms with Crippen molar-refractivity contribution in [3.8, 4) is 5.69 Å². The Kier molecular flexibility index (Phi) is 3.10. The molecule has 0 aliphatic rings. The number of benzene rings is 1. The normalized spacial score (nSPS) is 10.4. The number of halogens is 1. The summed E-state index contributed by atoms with van der Waals surface area (Å²) in [4.78, 5) is 2.05. The van der Waals surface area contributed by atoms with Gasteiger partial charge in [-0.3, -0.25) is 4.57 Å². The molecule has 0 N–H and O–H groups in total. The molecule has 0 unspecified atom stereocenters. The SMILES string of the molecule is CN(C)c1ccc(-n2cnnc2CCl)cc1. The summed E-state index contributed by atoms with van der Waals surface area (Å²) < 4.78 is 1.88. The van der Waals surface area contributed by atoms with Gasteiger partial charge in [0, 0.05) is 25.5 Å². The van der Waals surface area contributed by atoms with Crippen molar-refractivity contribution < 1.29 is 0 Å². The smallest absolute Gasteiger partial charge is 0.152 e. The molecule has 0 saturated carbocycles. The minimum atomic E-state index is 0.357. The Morgan fingerprint density at radius 2 is 1.94 bits per heavy atom. The fourth-order valence-electron chi connectivity index (χ4n) is 1.48. The summed E-state index contributed by atoms with van der Waals surface area (Å²) in [5.74, 6) is 1.11. The predicted molar refractivity (Wildman–Crippen MR) is 65.2 cm³/mol. The fraction of sp³-hybridized carbons (Fsp3) is 0.273. The van der Waals surface area contributed by atoms with Gasteiger partial charge in [0.2, 0.25) is 0 Å². The van der Waals surface area contributed by atoms with Crippen molar-refractivity contribution in [3.05, 3.63) is 36.4 Å². The van der Waals surface area contributed by atoms with Gasteiger partial charge in [-0.1, -0.05) is 0 Å². The number of hydrogen-bond acceptors (Lipinski definition) is 3. The standard InChI is InChI=1S/C11H13ClN4/c1-15(2)9-3-5-10(6-4-9)16-8-13-14-11(16)7-12/h3-6,8H,7H2,1-2H3. The van der Waals surface area contributed by atoms with Crippen molar-refractivity contribution in [2.75, 3.05) is 19.0 Å². The van der Waals surface area contributed by atoms with Crippen LogP contribution in [0.15, 0.2) is 30.6 Å². The molecule has 0 radical (unpaired) electrons. The first kappa shape index (κ1) is 11.0. The van der Waals surface area contributed by atoms with Crippen molar-refractivity contribution in [1.82, 2.24) is 14.8 Å². The first-order valence-corrected chi connectivity index (χ1v) is 5.48. The molecule has 0 aliphatic heterocycles. The molecular formula is C11H13ClN4. The monoisotopic (exact) mass is 236 g/mol. The van der Waals surface area contributed by atoms with E-state index in [2.05, 4.69) is 15.1 Å². The van der Waals surface area contributed by atoms with Gasteiger partial charge >= 0.3 is 0 Å². The number of hydrogen-bond donors (Lipinski definition) is 0. The zero-order valence-corrected chi connectivity index (χ0v) is 10.0. The van der Waals surface area contributed by atoms with Crippen LogP contribution < -0.4 is 4.90 Å². The Balaban J connectivity index is 2.35. The number of nitrogens with zero attached hydrogens (tertiary/aromatic N) is 4. The number of aromatic nitrogens is 3. The second-order valence-electron chi connectivity index (χ2n) is 3.66. The summed E-state index contributed by atoms with van der Waals surface area (Å²) in [5.41, 5.74) is 2.18. The minimum Gasteiger partial charge on any atom is -0.378 e. The highest BCUT2D eigenvalue weighted by Gasteiger charge is 2.04. The maximum absolute atomic E-state index is 5.77. The number of anilines is 1. The van der Waals surface area contributed by atoms with E-state index in [-0.39, 0.29) is 0 Å². The van der Waals surface area contributed by atoms with Crippen LogP contribution in [0, 0.1) is 0 Å². The Morgan fingerprint density at radius 1 is 1.25 bits per heavy atom. The maximum Gasteiger partial charge on any atom is 0.152 e. The molecule has 1 heterocycles.